The van der Waals surface area contributed by atoms with Crippen LogP contribution in [0.2, 0.25) is 5.02 Å². The second-order valence-corrected chi connectivity index (χ2v) is 9.30. The summed E-state index contributed by atoms with van der Waals surface area (Å²) in [5.74, 6) is -0.951. The topological polar surface area (TPSA) is 93.4 Å². The molecule has 0 unspecified atom stereocenters. The van der Waals surface area contributed by atoms with Gasteiger partial charge in [0.05, 0.1) is 35.9 Å². The van der Waals surface area contributed by atoms with E-state index in [4.69, 9.17) is 11.6 Å². The van der Waals surface area contributed by atoms with Crippen molar-refractivity contribution < 1.29 is 13.2 Å². The van der Waals surface area contributed by atoms with Crippen LogP contribution >= 0.6 is 11.6 Å². The van der Waals surface area contributed by atoms with Crippen LogP contribution in [0.3, 0.4) is 0 Å². The molecule has 144 valence electrons. The van der Waals surface area contributed by atoms with E-state index < -0.39 is 15.8 Å². The summed E-state index contributed by atoms with van der Waals surface area (Å²) in [7, 11) is -3.10. The Bertz CT molecular complexity index is 998. The van der Waals surface area contributed by atoms with Gasteiger partial charge in [-0.15, -0.1) is 0 Å². The van der Waals surface area contributed by atoms with Crippen molar-refractivity contribution in [2.75, 3.05) is 11.5 Å². The van der Waals surface area contributed by atoms with Crippen LogP contribution in [0.15, 0.2) is 29.4 Å². The zero-order chi connectivity index (χ0) is 19.6. The molecule has 2 heterocycles. The minimum absolute atomic E-state index is 0.0574. The summed E-state index contributed by atoms with van der Waals surface area (Å²) in [6, 6.07) is 7.59. The van der Waals surface area contributed by atoms with Gasteiger partial charge in [0.1, 0.15) is 0 Å². The average molecular weight is 409 g/mol. The Labute approximate surface area is 163 Å². The fourth-order valence-corrected chi connectivity index (χ4v) is 5.03. The Morgan fingerprint density at radius 3 is 2.81 bits per heavy atom. The summed E-state index contributed by atoms with van der Waals surface area (Å²) in [6.45, 7) is 4.32. The maximum absolute atomic E-state index is 12.1. The highest BCUT2D eigenvalue weighted by Crippen LogP contribution is 2.19. The van der Waals surface area contributed by atoms with Gasteiger partial charge in [0.2, 0.25) is 5.91 Å². The summed E-state index contributed by atoms with van der Waals surface area (Å²) in [5.41, 5.74) is 5.89. The van der Waals surface area contributed by atoms with Crippen molar-refractivity contribution in [3.05, 3.63) is 51.8 Å². The molecule has 1 N–H and O–H groups in total. The Kier molecular flexibility index (Phi) is 5.67. The van der Waals surface area contributed by atoms with Crippen LogP contribution in [0.25, 0.3) is 0 Å². The van der Waals surface area contributed by atoms with Gasteiger partial charge >= 0.3 is 0 Å². The van der Waals surface area contributed by atoms with Gasteiger partial charge in [0.25, 0.3) is 0 Å². The molecule has 0 radical (unpaired) electrons. The third kappa shape index (κ3) is 4.56. The predicted octanol–water partition coefficient (Wildman–Crippen LogP) is 2.09. The first-order valence-corrected chi connectivity index (χ1v) is 10.8. The molecule has 27 heavy (non-hydrogen) atoms. The molecule has 1 aliphatic heterocycles. The molecule has 1 aliphatic rings. The summed E-state index contributed by atoms with van der Waals surface area (Å²) in [5, 5.41) is 9.19. The molecular weight excluding hydrogens is 388 g/mol. The van der Waals surface area contributed by atoms with E-state index in [0.717, 1.165) is 22.5 Å². The lowest BCUT2D eigenvalue weighted by molar-refractivity contribution is -0.124. The Hall–Kier alpha value is -2.19. The predicted molar refractivity (Wildman–Crippen MR) is 105 cm³/mol. The SMILES string of the molecule is Cc1nn(Cc2ccccc2Cl)c(C)c1/C=N\NC(=O)[C@H]1CCS(=O)(=O)C1. The second kappa shape index (κ2) is 7.82. The fourth-order valence-electron chi connectivity index (χ4n) is 3.09. The quantitative estimate of drug-likeness (QED) is 0.605. The van der Waals surface area contributed by atoms with Crippen molar-refractivity contribution >= 4 is 33.6 Å². The molecular formula is C18H21ClN4O3S. The van der Waals surface area contributed by atoms with Crippen molar-refractivity contribution in [1.29, 1.82) is 0 Å². The zero-order valence-corrected chi connectivity index (χ0v) is 16.7. The molecule has 3 rings (SSSR count). The highest BCUT2D eigenvalue weighted by Gasteiger charge is 2.32. The van der Waals surface area contributed by atoms with E-state index in [2.05, 4.69) is 15.6 Å². The number of hydrazone groups is 1. The monoisotopic (exact) mass is 408 g/mol. The third-order valence-electron chi connectivity index (χ3n) is 4.69. The second-order valence-electron chi connectivity index (χ2n) is 6.67. The van der Waals surface area contributed by atoms with Crippen LogP contribution in [-0.2, 0) is 21.2 Å². The number of hydrogen-bond donors (Lipinski definition) is 1. The van der Waals surface area contributed by atoms with Crippen LogP contribution in [0.5, 0.6) is 0 Å². The van der Waals surface area contributed by atoms with Gasteiger partial charge in [-0.05, 0) is 31.9 Å². The minimum atomic E-state index is -3.10. The number of nitrogens with zero attached hydrogens (tertiary/aromatic N) is 3. The molecule has 0 bridgehead atoms. The Balaban J connectivity index is 1.69. The third-order valence-corrected chi connectivity index (χ3v) is 6.82. The average Bonchev–Trinajstić information content (AvgIpc) is 3.10. The molecule has 0 aliphatic carbocycles. The molecule has 7 nitrogen and oxygen atoms in total. The number of aryl methyl sites for hydroxylation is 1. The maximum atomic E-state index is 12.1. The largest absolute Gasteiger partial charge is 0.273 e. The van der Waals surface area contributed by atoms with Crippen LogP contribution in [0.1, 0.15) is 28.9 Å². The van der Waals surface area contributed by atoms with Gasteiger partial charge in [0.15, 0.2) is 9.84 Å². The number of halogens is 1. The smallest absolute Gasteiger partial charge is 0.244 e. The molecule has 1 saturated heterocycles. The van der Waals surface area contributed by atoms with Crippen molar-refractivity contribution in [3.63, 3.8) is 0 Å². The molecule has 1 atom stereocenters. The number of carbonyl (C=O) groups excluding carboxylic acids is 1. The van der Waals surface area contributed by atoms with Gasteiger partial charge in [-0.3, -0.25) is 9.48 Å². The van der Waals surface area contributed by atoms with Crippen LogP contribution < -0.4 is 5.43 Å². The van der Waals surface area contributed by atoms with E-state index in [1.54, 1.807) is 6.21 Å². The van der Waals surface area contributed by atoms with Gasteiger partial charge in [-0.25, -0.2) is 13.8 Å². The lowest BCUT2D eigenvalue weighted by Crippen LogP contribution is -2.27. The first-order chi connectivity index (χ1) is 12.8. The Morgan fingerprint density at radius 2 is 2.15 bits per heavy atom. The fraction of sp³-hybridized carbons (Fsp3) is 0.389. The van der Waals surface area contributed by atoms with E-state index in [0.29, 0.717) is 18.0 Å². The van der Waals surface area contributed by atoms with Crippen molar-refractivity contribution in [1.82, 2.24) is 15.2 Å². The molecule has 2 aromatic rings. The van der Waals surface area contributed by atoms with Gasteiger partial charge in [-0.1, -0.05) is 29.8 Å². The van der Waals surface area contributed by atoms with Crippen LogP contribution in [0.4, 0.5) is 0 Å². The number of sulfone groups is 1. The standard InChI is InChI=1S/C18H21ClN4O3S/c1-12-16(9-20-21-18(24)15-7-8-27(25,26)11-15)13(2)23(22-12)10-14-5-3-4-6-17(14)19/h3-6,9,15H,7-8,10-11H2,1-2H3,(H,21,24)/b20-9-/t15-/m0/s1. The van der Waals surface area contributed by atoms with E-state index in [1.807, 2.05) is 42.8 Å². The molecule has 1 amide bonds. The lowest BCUT2D eigenvalue weighted by Gasteiger charge is -2.07. The number of rotatable bonds is 5. The maximum Gasteiger partial charge on any atom is 0.244 e. The Morgan fingerprint density at radius 1 is 1.41 bits per heavy atom. The van der Waals surface area contributed by atoms with E-state index >= 15 is 0 Å². The molecule has 9 heteroatoms. The molecule has 0 spiro atoms. The number of aromatic nitrogens is 2. The van der Waals surface area contributed by atoms with Crippen molar-refractivity contribution in [3.8, 4) is 0 Å². The summed E-state index contributed by atoms with van der Waals surface area (Å²) >= 11 is 6.22. The summed E-state index contributed by atoms with van der Waals surface area (Å²) in [6.07, 6.45) is 1.89. The number of benzene rings is 1. The highest BCUT2D eigenvalue weighted by molar-refractivity contribution is 7.91. The summed E-state index contributed by atoms with van der Waals surface area (Å²) in [4.78, 5) is 12.1. The summed E-state index contributed by atoms with van der Waals surface area (Å²) < 4.78 is 24.8. The van der Waals surface area contributed by atoms with Gasteiger partial charge < -0.3 is 0 Å². The van der Waals surface area contributed by atoms with Crippen LogP contribution in [0, 0.1) is 19.8 Å². The van der Waals surface area contributed by atoms with E-state index in [-0.39, 0.29) is 17.4 Å². The first-order valence-electron chi connectivity index (χ1n) is 8.57. The van der Waals surface area contributed by atoms with Crippen molar-refractivity contribution in [2.45, 2.75) is 26.8 Å². The normalized spacial score (nSPS) is 18.9. The molecule has 0 saturated carbocycles. The van der Waals surface area contributed by atoms with Crippen LogP contribution in [-0.4, -0.2) is 41.8 Å². The van der Waals surface area contributed by atoms with Crippen molar-refractivity contribution in [2.24, 2.45) is 11.0 Å². The lowest BCUT2D eigenvalue weighted by atomic mass is 10.1. The first kappa shape index (κ1) is 19.6. The van der Waals surface area contributed by atoms with E-state index in [9.17, 15) is 13.2 Å². The number of carbonyl (C=O) groups is 1. The van der Waals surface area contributed by atoms with Gasteiger partial charge in [0, 0.05) is 16.3 Å². The molecule has 1 aromatic carbocycles. The number of amides is 1. The highest BCUT2D eigenvalue weighted by atomic mass is 35.5. The number of hydrogen-bond acceptors (Lipinski definition) is 5. The van der Waals surface area contributed by atoms with Gasteiger partial charge in [-0.2, -0.15) is 10.2 Å². The van der Waals surface area contributed by atoms with E-state index in [1.165, 1.54) is 0 Å². The number of nitrogens with one attached hydrogen (secondary N) is 1. The molecule has 1 fully saturated rings. The minimum Gasteiger partial charge on any atom is -0.273 e. The molecule has 1 aromatic heterocycles. The zero-order valence-electron chi connectivity index (χ0n) is 15.1.